The van der Waals surface area contributed by atoms with Gasteiger partial charge in [0.1, 0.15) is 0 Å². The average Bonchev–Trinajstić information content (AvgIpc) is 2.16. The predicted molar refractivity (Wildman–Crippen MR) is 66.9 cm³/mol. The molecule has 0 atom stereocenters. The predicted octanol–water partition coefficient (Wildman–Crippen LogP) is 4.29. The maximum Gasteiger partial charge on any atom is 0.0701 e. The van der Waals surface area contributed by atoms with E-state index >= 15 is 0 Å². The van der Waals surface area contributed by atoms with Gasteiger partial charge in [0.25, 0.3) is 0 Å². The molecule has 0 amide bonds. The summed E-state index contributed by atoms with van der Waals surface area (Å²) in [6.45, 7) is 8.75. The largest absolute Gasteiger partial charge is 0.256 e. The molecule has 0 saturated carbocycles. The second-order valence-electron chi connectivity index (χ2n) is 5.20. The highest BCUT2D eigenvalue weighted by Gasteiger charge is 1.95. The van der Waals surface area contributed by atoms with Crippen molar-refractivity contribution >= 4 is 10.9 Å². The van der Waals surface area contributed by atoms with Gasteiger partial charge in [0.15, 0.2) is 0 Å². The Labute approximate surface area is 92.2 Å². The summed E-state index contributed by atoms with van der Waals surface area (Å²) < 4.78 is 0. The van der Waals surface area contributed by atoms with Crippen LogP contribution in [0, 0.1) is 5.41 Å². The van der Waals surface area contributed by atoms with Crippen molar-refractivity contribution in [3.63, 3.8) is 0 Å². The molecule has 2 aromatic rings. The highest BCUT2D eigenvalue weighted by Crippen LogP contribution is 2.08. The summed E-state index contributed by atoms with van der Waals surface area (Å²) in [4.78, 5) is 4.18. The summed E-state index contributed by atoms with van der Waals surface area (Å²) in [6.07, 6.45) is 1.81. The monoisotopic (exact) mass is 201 g/mol. The van der Waals surface area contributed by atoms with E-state index in [4.69, 9.17) is 0 Å². The first kappa shape index (κ1) is 11.7. The Hall–Kier alpha value is -1.37. The summed E-state index contributed by atoms with van der Waals surface area (Å²) in [5, 5.41) is 1.20. The first-order chi connectivity index (χ1) is 6.97. The zero-order valence-electron chi connectivity index (χ0n) is 9.99. The van der Waals surface area contributed by atoms with E-state index in [1.165, 1.54) is 5.39 Å². The van der Waals surface area contributed by atoms with E-state index in [1.54, 1.807) is 0 Å². The van der Waals surface area contributed by atoms with Gasteiger partial charge in [0, 0.05) is 11.6 Å². The summed E-state index contributed by atoms with van der Waals surface area (Å²) >= 11 is 0. The van der Waals surface area contributed by atoms with Gasteiger partial charge < -0.3 is 0 Å². The van der Waals surface area contributed by atoms with Crippen LogP contribution in [0.15, 0.2) is 42.6 Å². The summed E-state index contributed by atoms with van der Waals surface area (Å²) in [6, 6.07) is 12.1. The SMILES string of the molecule is CC(C)(C)C.c1ccc2ncccc2c1. The zero-order chi connectivity index (χ0) is 11.3. The standard InChI is InChI=1S/C9H7N.C5H12/c1-2-6-9-8(4-1)5-3-7-10-9;1-5(2,3)4/h1-7H;1-4H3. The van der Waals surface area contributed by atoms with E-state index in [0.29, 0.717) is 5.41 Å². The number of aromatic nitrogens is 1. The normalized spacial score (nSPS) is 10.7. The third-order valence-corrected chi connectivity index (χ3v) is 1.51. The summed E-state index contributed by atoms with van der Waals surface area (Å²) in [5.74, 6) is 0. The molecule has 1 aromatic heterocycles. The van der Waals surface area contributed by atoms with Crippen LogP contribution in [0.25, 0.3) is 10.9 Å². The lowest BCUT2D eigenvalue weighted by Gasteiger charge is -2.05. The van der Waals surface area contributed by atoms with Crippen molar-refractivity contribution in [2.45, 2.75) is 27.7 Å². The third kappa shape index (κ3) is 5.16. The Bertz CT molecular complexity index is 341. The number of benzene rings is 1. The second kappa shape index (κ2) is 4.92. The maximum atomic E-state index is 4.18. The number of nitrogens with zero attached hydrogens (tertiary/aromatic N) is 1. The molecule has 1 heterocycles. The number of hydrogen-bond acceptors (Lipinski definition) is 1. The Morgan fingerprint density at radius 3 is 2.00 bits per heavy atom. The highest BCUT2D eigenvalue weighted by molar-refractivity contribution is 5.77. The van der Waals surface area contributed by atoms with Crippen LogP contribution in [-0.2, 0) is 0 Å². The van der Waals surface area contributed by atoms with Crippen LogP contribution in [0.5, 0.6) is 0 Å². The number of para-hydroxylation sites is 1. The Morgan fingerprint density at radius 2 is 1.40 bits per heavy atom. The van der Waals surface area contributed by atoms with Crippen LogP contribution in [0.2, 0.25) is 0 Å². The van der Waals surface area contributed by atoms with E-state index in [2.05, 4.69) is 44.8 Å². The average molecular weight is 201 g/mol. The van der Waals surface area contributed by atoms with Gasteiger partial charge in [-0.05, 0) is 17.5 Å². The lowest BCUT2D eigenvalue weighted by atomic mass is 10.0. The van der Waals surface area contributed by atoms with Crippen molar-refractivity contribution in [2.75, 3.05) is 0 Å². The molecular weight excluding hydrogens is 182 g/mol. The Morgan fingerprint density at radius 1 is 0.867 bits per heavy atom. The molecular formula is C14H19N. The smallest absolute Gasteiger partial charge is 0.0701 e. The lowest BCUT2D eigenvalue weighted by molar-refractivity contribution is 0.469. The van der Waals surface area contributed by atoms with Crippen molar-refractivity contribution in [2.24, 2.45) is 5.41 Å². The molecule has 15 heavy (non-hydrogen) atoms. The number of hydrogen-bond donors (Lipinski definition) is 0. The fraction of sp³-hybridized carbons (Fsp3) is 0.357. The van der Waals surface area contributed by atoms with Gasteiger partial charge in [-0.2, -0.15) is 0 Å². The third-order valence-electron chi connectivity index (χ3n) is 1.51. The topological polar surface area (TPSA) is 12.9 Å². The molecule has 0 aliphatic carbocycles. The Balaban J connectivity index is 0.000000195. The van der Waals surface area contributed by atoms with Crippen LogP contribution in [0.4, 0.5) is 0 Å². The van der Waals surface area contributed by atoms with Crippen molar-refractivity contribution in [3.05, 3.63) is 42.6 Å². The fourth-order valence-electron chi connectivity index (χ4n) is 1.02. The first-order valence-corrected chi connectivity index (χ1v) is 5.26. The van der Waals surface area contributed by atoms with Crippen LogP contribution in [-0.4, -0.2) is 4.98 Å². The minimum absolute atomic E-state index is 0.500. The fourth-order valence-corrected chi connectivity index (χ4v) is 1.02. The molecule has 1 aromatic carbocycles. The lowest BCUT2D eigenvalue weighted by Crippen LogP contribution is -1.93. The van der Waals surface area contributed by atoms with Gasteiger partial charge in [-0.15, -0.1) is 0 Å². The highest BCUT2D eigenvalue weighted by atomic mass is 14.6. The van der Waals surface area contributed by atoms with E-state index in [0.717, 1.165) is 5.52 Å². The molecule has 0 bridgehead atoms. The van der Waals surface area contributed by atoms with E-state index in [9.17, 15) is 0 Å². The summed E-state index contributed by atoms with van der Waals surface area (Å²) in [7, 11) is 0. The van der Waals surface area contributed by atoms with Crippen LogP contribution in [0.1, 0.15) is 27.7 Å². The van der Waals surface area contributed by atoms with Crippen molar-refractivity contribution in [1.82, 2.24) is 4.98 Å². The van der Waals surface area contributed by atoms with Crippen molar-refractivity contribution in [1.29, 1.82) is 0 Å². The van der Waals surface area contributed by atoms with Gasteiger partial charge in [-0.25, -0.2) is 0 Å². The van der Waals surface area contributed by atoms with Crippen LogP contribution >= 0.6 is 0 Å². The van der Waals surface area contributed by atoms with E-state index in [1.807, 2.05) is 30.5 Å². The molecule has 1 nitrogen and oxygen atoms in total. The molecule has 1 heteroatoms. The molecule has 0 unspecified atom stereocenters. The van der Waals surface area contributed by atoms with Gasteiger partial charge >= 0.3 is 0 Å². The minimum atomic E-state index is 0.500. The number of rotatable bonds is 0. The van der Waals surface area contributed by atoms with Crippen LogP contribution in [0.3, 0.4) is 0 Å². The van der Waals surface area contributed by atoms with Crippen LogP contribution < -0.4 is 0 Å². The van der Waals surface area contributed by atoms with Gasteiger partial charge in [0.05, 0.1) is 5.52 Å². The van der Waals surface area contributed by atoms with E-state index in [-0.39, 0.29) is 0 Å². The molecule has 0 aliphatic heterocycles. The van der Waals surface area contributed by atoms with Gasteiger partial charge in [0.2, 0.25) is 0 Å². The quantitative estimate of drug-likeness (QED) is 0.619. The molecule has 2 rings (SSSR count). The molecule has 0 saturated heterocycles. The number of fused-ring (bicyclic) bond motifs is 1. The van der Waals surface area contributed by atoms with Gasteiger partial charge in [-0.3, -0.25) is 4.98 Å². The van der Waals surface area contributed by atoms with E-state index < -0.39 is 0 Å². The second-order valence-corrected chi connectivity index (χ2v) is 5.20. The zero-order valence-corrected chi connectivity index (χ0v) is 9.99. The first-order valence-electron chi connectivity index (χ1n) is 5.26. The number of pyridine rings is 1. The minimum Gasteiger partial charge on any atom is -0.256 e. The Kier molecular flexibility index (Phi) is 3.84. The summed E-state index contributed by atoms with van der Waals surface area (Å²) in [5.41, 5.74) is 1.56. The molecule has 80 valence electrons. The molecule has 0 spiro atoms. The molecule has 0 aliphatic rings. The molecule has 0 N–H and O–H groups in total. The van der Waals surface area contributed by atoms with Gasteiger partial charge in [-0.1, -0.05) is 52.0 Å². The molecule has 0 radical (unpaired) electrons. The van der Waals surface area contributed by atoms with Crippen molar-refractivity contribution < 1.29 is 0 Å². The maximum absolute atomic E-state index is 4.18. The van der Waals surface area contributed by atoms with Crippen molar-refractivity contribution in [3.8, 4) is 0 Å². The molecule has 0 fully saturated rings.